The second-order valence-corrected chi connectivity index (χ2v) is 21.4. The molecule has 0 aromatic heterocycles. The van der Waals surface area contributed by atoms with Gasteiger partial charge in [0.2, 0.25) is 0 Å². The van der Waals surface area contributed by atoms with E-state index in [1.54, 1.807) is 0 Å². The Balaban J connectivity index is 4.99. The maximum Gasteiger partial charge on any atom is 0.172 e. The van der Waals surface area contributed by atoms with Gasteiger partial charge in [0.25, 0.3) is 0 Å². The Morgan fingerprint density at radius 1 is 1.08 bits per heavy atom. The van der Waals surface area contributed by atoms with E-state index in [1.807, 2.05) is 0 Å². The average molecular weight is 335 g/mol. The molecule has 0 aliphatic rings. The van der Waals surface area contributed by atoms with E-state index in [1.165, 1.54) is 0 Å². The third-order valence-corrected chi connectivity index (χ3v) is 15.5. The van der Waals surface area contributed by atoms with Crippen LogP contribution < -0.4 is 0 Å². The lowest BCUT2D eigenvalue weighted by Gasteiger charge is -2.29. The zero-order chi connectivity index (χ0) is 10.2. The first-order valence-corrected chi connectivity index (χ1v) is 13.2. The van der Waals surface area contributed by atoms with Crippen molar-refractivity contribution in [3.63, 3.8) is 0 Å². The Kier molecular flexibility index (Phi) is 4.33. The molecular weight excluding hydrogens is 317 g/mol. The molecule has 0 heterocycles. The van der Waals surface area contributed by atoms with Crippen molar-refractivity contribution in [3.05, 3.63) is 0 Å². The van der Waals surface area contributed by atoms with Crippen LogP contribution >= 0.6 is 35.4 Å². The van der Waals surface area contributed by atoms with E-state index in [0.29, 0.717) is 0 Å². The van der Waals surface area contributed by atoms with Gasteiger partial charge in [-0.05, 0) is 31.0 Å². The first-order valence-electron chi connectivity index (χ1n) is 3.99. The van der Waals surface area contributed by atoms with E-state index in [0.717, 1.165) is 0 Å². The highest BCUT2D eigenvalue weighted by atomic mass is 79.9. The fraction of sp³-hybridized carbons (Fsp3) is 1.00. The summed E-state index contributed by atoms with van der Waals surface area (Å²) in [4.78, 5) is 0. The minimum atomic E-state index is -1.44. The van der Waals surface area contributed by atoms with E-state index >= 15 is 0 Å². The highest BCUT2D eigenvalue weighted by Crippen LogP contribution is 2.74. The molecular formula is C7H18Br2NPSi. The topological polar surface area (TPSA) is 12.4 Å². The molecule has 0 bridgehead atoms. The summed E-state index contributed by atoms with van der Waals surface area (Å²) < 4.78 is 3.46. The van der Waals surface area contributed by atoms with Crippen molar-refractivity contribution in [1.82, 2.24) is 0 Å². The minimum absolute atomic E-state index is 0.216. The van der Waals surface area contributed by atoms with E-state index in [9.17, 15) is 0 Å². The van der Waals surface area contributed by atoms with E-state index in [4.69, 9.17) is 4.41 Å². The quantitative estimate of drug-likeness (QED) is 0.447. The molecule has 0 rings (SSSR count). The Morgan fingerprint density at radius 3 is 1.50 bits per heavy atom. The molecule has 5 heteroatoms. The van der Waals surface area contributed by atoms with Gasteiger partial charge in [-0.3, -0.25) is 0 Å². The molecule has 0 saturated carbocycles. The van der Waals surface area contributed by atoms with Gasteiger partial charge < -0.3 is 4.41 Å². The van der Waals surface area contributed by atoms with Crippen LogP contribution in [0.3, 0.4) is 0 Å². The summed E-state index contributed by atoms with van der Waals surface area (Å²) in [5, 5.41) is 0.216. The number of halogens is 2. The van der Waals surface area contributed by atoms with Gasteiger partial charge in [0.1, 0.15) is 0 Å². The number of hydrogen-bond acceptors (Lipinski definition) is 1. The smallest absolute Gasteiger partial charge is 0.172 e. The second-order valence-electron chi connectivity index (χ2n) is 4.93. The largest absolute Gasteiger partial charge is 0.318 e. The van der Waals surface area contributed by atoms with Gasteiger partial charge in [-0.25, -0.2) is 0 Å². The Morgan fingerprint density at radius 2 is 1.42 bits per heavy atom. The van der Waals surface area contributed by atoms with Gasteiger partial charge in [0.15, 0.2) is 8.24 Å². The third-order valence-electron chi connectivity index (χ3n) is 1.23. The van der Waals surface area contributed by atoms with Crippen LogP contribution in [-0.4, -0.2) is 13.4 Å². The molecule has 0 radical (unpaired) electrons. The van der Waals surface area contributed by atoms with Crippen molar-refractivity contribution in [2.75, 3.05) is 0 Å². The zero-order valence-electron chi connectivity index (χ0n) is 8.65. The SMILES string of the molecule is CC(C)(C)P(Br)(Br)=N[Si](C)(C)C. The highest BCUT2D eigenvalue weighted by Gasteiger charge is 2.30. The van der Waals surface area contributed by atoms with Gasteiger partial charge in [0, 0.05) is 5.16 Å². The molecule has 0 fully saturated rings. The number of hydrogen-bond donors (Lipinski definition) is 0. The molecule has 0 amide bonds. The van der Waals surface area contributed by atoms with Crippen LogP contribution in [0, 0.1) is 0 Å². The molecule has 0 aliphatic carbocycles. The summed E-state index contributed by atoms with van der Waals surface area (Å²) >= 11 is 7.47. The lowest BCUT2D eigenvalue weighted by Crippen LogP contribution is -2.18. The van der Waals surface area contributed by atoms with Crippen molar-refractivity contribution in [1.29, 1.82) is 0 Å². The van der Waals surface area contributed by atoms with Crippen molar-refractivity contribution >= 4 is 43.7 Å². The summed E-state index contributed by atoms with van der Waals surface area (Å²) in [7, 11) is -1.32. The van der Waals surface area contributed by atoms with Crippen LogP contribution in [0.2, 0.25) is 19.6 Å². The van der Waals surface area contributed by atoms with E-state index in [2.05, 4.69) is 71.4 Å². The maximum absolute atomic E-state index is 4.90. The standard InChI is InChI=1S/C7H18Br2NPSi/c1-7(2,3)11(8,9)10-12(4,5)6/h1-6H3. The zero-order valence-corrected chi connectivity index (χ0v) is 13.7. The third kappa shape index (κ3) is 4.59. The van der Waals surface area contributed by atoms with Gasteiger partial charge in [-0.15, -0.1) is 0 Å². The lowest BCUT2D eigenvalue weighted by molar-refractivity contribution is 0.795. The van der Waals surface area contributed by atoms with Crippen LogP contribution in [0.15, 0.2) is 4.41 Å². The summed E-state index contributed by atoms with van der Waals surface area (Å²) in [6.07, 6.45) is 0. The summed E-state index contributed by atoms with van der Waals surface area (Å²) in [5.74, 6) is 0. The maximum atomic E-state index is 4.90. The first kappa shape index (κ1) is 13.4. The van der Waals surface area contributed by atoms with Gasteiger partial charge >= 0.3 is 0 Å². The monoisotopic (exact) mass is 333 g/mol. The Labute approximate surface area is 93.3 Å². The van der Waals surface area contributed by atoms with Crippen molar-refractivity contribution in [2.24, 2.45) is 4.41 Å². The Hall–Kier alpha value is 1.41. The van der Waals surface area contributed by atoms with Gasteiger partial charge in [-0.1, -0.05) is 40.4 Å². The molecule has 0 aliphatic heterocycles. The van der Waals surface area contributed by atoms with Crippen molar-refractivity contribution in [2.45, 2.75) is 45.6 Å². The average Bonchev–Trinajstić information content (AvgIpc) is 1.52. The molecule has 0 aromatic carbocycles. The van der Waals surface area contributed by atoms with Gasteiger partial charge in [0.05, 0.1) is 4.46 Å². The summed E-state index contributed by atoms with van der Waals surface area (Å²) in [6.45, 7) is 13.4. The number of rotatable bonds is 1. The summed E-state index contributed by atoms with van der Waals surface area (Å²) in [6, 6.07) is 0. The van der Waals surface area contributed by atoms with E-state index in [-0.39, 0.29) is 5.16 Å². The van der Waals surface area contributed by atoms with Gasteiger partial charge in [-0.2, -0.15) is 0 Å². The van der Waals surface area contributed by atoms with E-state index < -0.39 is 12.7 Å². The summed E-state index contributed by atoms with van der Waals surface area (Å²) in [5.41, 5.74) is 0. The molecule has 0 aromatic rings. The molecule has 0 unspecified atom stereocenters. The molecule has 0 N–H and O–H groups in total. The normalized spacial score (nSPS) is 14.7. The number of nitrogens with zero attached hydrogens (tertiary/aromatic N) is 1. The van der Waals surface area contributed by atoms with Crippen LogP contribution in [0.4, 0.5) is 0 Å². The molecule has 0 spiro atoms. The molecule has 12 heavy (non-hydrogen) atoms. The highest BCUT2D eigenvalue weighted by molar-refractivity contribution is 9.71. The fourth-order valence-electron chi connectivity index (χ4n) is 0.527. The first-order chi connectivity index (χ1) is 4.96. The Bertz CT molecular complexity index is 208. The van der Waals surface area contributed by atoms with Crippen molar-refractivity contribution < 1.29 is 0 Å². The molecule has 0 atom stereocenters. The predicted octanol–water partition coefficient (Wildman–Crippen LogP) is 5.44. The van der Waals surface area contributed by atoms with Crippen LogP contribution in [-0.2, 0) is 0 Å². The van der Waals surface area contributed by atoms with Crippen LogP contribution in [0.25, 0.3) is 0 Å². The fourth-order valence-corrected chi connectivity index (χ4v) is 13.3. The lowest BCUT2D eigenvalue weighted by atomic mass is 10.3. The molecule has 1 nitrogen and oxygen atoms in total. The predicted molar refractivity (Wildman–Crippen MR) is 70.3 cm³/mol. The second kappa shape index (κ2) is 3.88. The van der Waals surface area contributed by atoms with Crippen molar-refractivity contribution in [3.8, 4) is 0 Å². The molecule has 74 valence electrons. The van der Waals surface area contributed by atoms with Crippen LogP contribution in [0.5, 0.6) is 0 Å². The minimum Gasteiger partial charge on any atom is -0.318 e. The molecule has 0 saturated heterocycles. The van der Waals surface area contributed by atoms with Crippen LogP contribution in [0.1, 0.15) is 20.8 Å².